The van der Waals surface area contributed by atoms with Crippen LogP contribution in [0.25, 0.3) is 0 Å². The van der Waals surface area contributed by atoms with Crippen LogP contribution in [0.2, 0.25) is 0 Å². The van der Waals surface area contributed by atoms with Crippen molar-refractivity contribution in [2.24, 2.45) is 0 Å². The van der Waals surface area contributed by atoms with Gasteiger partial charge in [0.05, 0.1) is 24.8 Å². The van der Waals surface area contributed by atoms with Gasteiger partial charge in [-0.15, -0.1) is 0 Å². The van der Waals surface area contributed by atoms with Crippen molar-refractivity contribution in [2.45, 2.75) is 44.5 Å². The zero-order valence-electron chi connectivity index (χ0n) is 19.9. The molecule has 1 aliphatic heterocycles. The number of halogens is 3. The number of hydrogen-bond acceptors (Lipinski definition) is 5. The number of esters is 1. The molecule has 10 heteroatoms. The molecule has 0 aromatic heterocycles. The number of urea groups is 1. The minimum absolute atomic E-state index is 0.0782. The Morgan fingerprint density at radius 1 is 1.09 bits per heavy atom. The highest BCUT2D eigenvalue weighted by Gasteiger charge is 2.38. The second-order valence-electron chi connectivity index (χ2n) is 8.48. The smallest absolute Gasteiger partial charge is 0.416 e. The summed E-state index contributed by atoms with van der Waals surface area (Å²) in [5.74, 6) is 0.137. The highest BCUT2D eigenvalue weighted by atomic mass is 19.4. The number of rotatable bonds is 10. The predicted molar refractivity (Wildman–Crippen MR) is 122 cm³/mol. The normalized spacial score (nSPS) is 17.5. The number of amides is 2. The Kier molecular flexibility index (Phi) is 8.14. The van der Waals surface area contributed by atoms with E-state index < -0.39 is 23.3 Å². The van der Waals surface area contributed by atoms with Crippen LogP contribution in [0.1, 0.15) is 31.4 Å². The second kappa shape index (κ2) is 10.9. The maximum atomic E-state index is 12.9. The lowest BCUT2D eigenvalue weighted by atomic mass is 9.96. The van der Waals surface area contributed by atoms with Gasteiger partial charge in [0, 0.05) is 26.4 Å². The molecule has 2 unspecified atom stereocenters. The number of ether oxygens (including phenoxy) is 3. The summed E-state index contributed by atoms with van der Waals surface area (Å²) in [6.45, 7) is 4.36. The Morgan fingerprint density at radius 3 is 2.26 bits per heavy atom. The minimum Gasteiger partial charge on any atom is -0.494 e. The van der Waals surface area contributed by atoms with Crippen LogP contribution in [0.15, 0.2) is 48.5 Å². The monoisotopic (exact) mass is 494 g/mol. The molecule has 1 N–H and O–H groups in total. The Balaban J connectivity index is 1.64. The first-order chi connectivity index (χ1) is 16.5. The third-order valence-electron chi connectivity index (χ3n) is 5.77. The molecule has 0 bridgehead atoms. The molecule has 35 heavy (non-hydrogen) atoms. The van der Waals surface area contributed by atoms with E-state index in [9.17, 15) is 22.8 Å². The molecule has 0 aliphatic carbocycles. The standard InChI is InChI=1S/C25H29F3N2O5/c1-4-33-22(31)24(2,35-21-11-7-18(8-12-21)25(26,27)28)15-17-5-9-20(10-6-17)34-14-13-19-16-29-23(32)30(19)3/h5-12,19H,4,13-16H2,1-3H3,(H,29,32). The predicted octanol–water partition coefficient (Wildman–Crippen LogP) is 4.44. The zero-order valence-corrected chi connectivity index (χ0v) is 19.9. The maximum Gasteiger partial charge on any atom is 0.416 e. The number of carbonyl (C=O) groups excluding carboxylic acids is 2. The zero-order chi connectivity index (χ0) is 25.6. The van der Waals surface area contributed by atoms with Gasteiger partial charge in [-0.05, 0) is 55.8 Å². The summed E-state index contributed by atoms with van der Waals surface area (Å²) in [5.41, 5.74) is -1.50. The molecule has 2 amide bonds. The molecule has 0 saturated carbocycles. The van der Waals surface area contributed by atoms with Gasteiger partial charge in [-0.2, -0.15) is 13.2 Å². The maximum absolute atomic E-state index is 12.9. The number of carbonyl (C=O) groups is 2. The number of benzene rings is 2. The summed E-state index contributed by atoms with van der Waals surface area (Å²) < 4.78 is 55.3. The summed E-state index contributed by atoms with van der Waals surface area (Å²) in [6.07, 6.45) is -3.65. The Morgan fingerprint density at radius 2 is 1.71 bits per heavy atom. The molecule has 1 aliphatic rings. The van der Waals surface area contributed by atoms with Gasteiger partial charge in [0.15, 0.2) is 0 Å². The topological polar surface area (TPSA) is 77.1 Å². The first-order valence-electron chi connectivity index (χ1n) is 11.3. The van der Waals surface area contributed by atoms with E-state index >= 15 is 0 Å². The molecular weight excluding hydrogens is 465 g/mol. The van der Waals surface area contributed by atoms with Crippen molar-refractivity contribution in [3.8, 4) is 11.5 Å². The molecule has 1 saturated heterocycles. The lowest BCUT2D eigenvalue weighted by Gasteiger charge is -2.29. The van der Waals surface area contributed by atoms with E-state index in [2.05, 4.69) is 5.32 Å². The fraction of sp³-hybridized carbons (Fsp3) is 0.440. The van der Waals surface area contributed by atoms with Crippen molar-refractivity contribution in [3.05, 3.63) is 59.7 Å². The highest BCUT2D eigenvalue weighted by molar-refractivity contribution is 5.80. The molecule has 2 atom stereocenters. The molecule has 2 aromatic rings. The second-order valence-corrected chi connectivity index (χ2v) is 8.48. The molecule has 190 valence electrons. The summed E-state index contributed by atoms with van der Waals surface area (Å²) in [7, 11) is 1.75. The largest absolute Gasteiger partial charge is 0.494 e. The fourth-order valence-corrected chi connectivity index (χ4v) is 3.74. The van der Waals surface area contributed by atoms with Crippen LogP contribution in [-0.2, 0) is 22.1 Å². The average Bonchev–Trinajstić information content (AvgIpc) is 3.12. The van der Waals surface area contributed by atoms with E-state index in [1.54, 1.807) is 50.1 Å². The number of hydrogen-bond donors (Lipinski definition) is 1. The SMILES string of the molecule is CCOC(=O)C(C)(Cc1ccc(OCCC2CNC(=O)N2C)cc1)Oc1ccc(C(F)(F)F)cc1. The van der Waals surface area contributed by atoms with Gasteiger partial charge in [0.2, 0.25) is 5.60 Å². The molecule has 1 fully saturated rings. The number of alkyl halides is 3. The van der Waals surface area contributed by atoms with Crippen LogP contribution in [0.3, 0.4) is 0 Å². The fourth-order valence-electron chi connectivity index (χ4n) is 3.74. The Labute approximate surface area is 202 Å². The number of likely N-dealkylation sites (N-methyl/N-ethyl adjacent to an activating group) is 1. The van der Waals surface area contributed by atoms with Gasteiger partial charge in [0.1, 0.15) is 11.5 Å². The Bertz CT molecular complexity index is 1010. The molecule has 0 radical (unpaired) electrons. The van der Waals surface area contributed by atoms with E-state index in [1.165, 1.54) is 12.1 Å². The van der Waals surface area contributed by atoms with E-state index in [-0.39, 0.29) is 30.9 Å². The van der Waals surface area contributed by atoms with Crippen LogP contribution in [0.4, 0.5) is 18.0 Å². The Hall–Kier alpha value is -3.43. The molecule has 7 nitrogen and oxygen atoms in total. The highest BCUT2D eigenvalue weighted by Crippen LogP contribution is 2.32. The molecule has 1 heterocycles. The summed E-state index contributed by atoms with van der Waals surface area (Å²) >= 11 is 0. The van der Waals surface area contributed by atoms with E-state index in [0.29, 0.717) is 25.3 Å². The third-order valence-corrected chi connectivity index (χ3v) is 5.77. The van der Waals surface area contributed by atoms with Gasteiger partial charge in [0.25, 0.3) is 0 Å². The summed E-state index contributed by atoms with van der Waals surface area (Å²) in [5, 5.41) is 2.77. The van der Waals surface area contributed by atoms with Crippen molar-refractivity contribution in [1.82, 2.24) is 10.2 Å². The van der Waals surface area contributed by atoms with Crippen molar-refractivity contribution in [1.29, 1.82) is 0 Å². The van der Waals surface area contributed by atoms with Crippen molar-refractivity contribution < 1.29 is 37.0 Å². The minimum atomic E-state index is -4.46. The van der Waals surface area contributed by atoms with Gasteiger partial charge in [-0.1, -0.05) is 12.1 Å². The molecule has 2 aromatic carbocycles. The summed E-state index contributed by atoms with van der Waals surface area (Å²) in [4.78, 5) is 25.9. The van der Waals surface area contributed by atoms with Gasteiger partial charge in [-0.3, -0.25) is 0 Å². The van der Waals surface area contributed by atoms with Crippen LogP contribution >= 0.6 is 0 Å². The lowest BCUT2D eigenvalue weighted by Crippen LogP contribution is -2.45. The molecule has 0 spiro atoms. The van der Waals surface area contributed by atoms with Crippen LogP contribution in [-0.4, -0.2) is 55.3 Å². The first-order valence-corrected chi connectivity index (χ1v) is 11.3. The van der Waals surface area contributed by atoms with Gasteiger partial charge < -0.3 is 24.4 Å². The van der Waals surface area contributed by atoms with Crippen molar-refractivity contribution >= 4 is 12.0 Å². The van der Waals surface area contributed by atoms with Crippen LogP contribution in [0.5, 0.6) is 11.5 Å². The number of nitrogens with zero attached hydrogens (tertiary/aromatic N) is 1. The summed E-state index contributed by atoms with van der Waals surface area (Å²) in [6, 6.07) is 11.3. The average molecular weight is 495 g/mol. The first kappa shape index (κ1) is 26.2. The van der Waals surface area contributed by atoms with E-state index in [4.69, 9.17) is 14.2 Å². The quantitative estimate of drug-likeness (QED) is 0.494. The number of nitrogens with one attached hydrogen (secondary N) is 1. The van der Waals surface area contributed by atoms with Crippen molar-refractivity contribution in [3.63, 3.8) is 0 Å². The van der Waals surface area contributed by atoms with Crippen LogP contribution in [0, 0.1) is 0 Å². The van der Waals surface area contributed by atoms with Crippen molar-refractivity contribution in [2.75, 3.05) is 26.8 Å². The van der Waals surface area contributed by atoms with E-state index in [1.807, 2.05) is 0 Å². The van der Waals surface area contributed by atoms with Gasteiger partial charge in [-0.25, -0.2) is 9.59 Å². The van der Waals surface area contributed by atoms with Gasteiger partial charge >= 0.3 is 18.2 Å². The van der Waals surface area contributed by atoms with E-state index in [0.717, 1.165) is 17.7 Å². The lowest BCUT2D eigenvalue weighted by molar-refractivity contribution is -0.160. The molecular formula is C25H29F3N2O5. The molecule has 3 rings (SSSR count). The van der Waals surface area contributed by atoms with Crippen LogP contribution < -0.4 is 14.8 Å². The third kappa shape index (κ3) is 6.80.